The van der Waals surface area contributed by atoms with E-state index in [0.717, 1.165) is 10.4 Å². The largest absolute Gasteiger partial charge is 0.481 e. The van der Waals surface area contributed by atoms with Gasteiger partial charge in [-0.3, -0.25) is 4.79 Å². The van der Waals surface area contributed by atoms with Crippen LogP contribution in [0.4, 0.5) is 4.79 Å². The number of rotatable bonds is 5. The van der Waals surface area contributed by atoms with Crippen molar-refractivity contribution in [3.63, 3.8) is 0 Å². The molecule has 0 unspecified atom stereocenters. The van der Waals surface area contributed by atoms with E-state index in [1.807, 2.05) is 18.4 Å². The number of thiophene rings is 1. The number of nitrogens with one attached hydrogen (secondary N) is 1. The van der Waals surface area contributed by atoms with Gasteiger partial charge in [0.2, 0.25) is 0 Å². The Kier molecular flexibility index (Phi) is 4.96. The summed E-state index contributed by atoms with van der Waals surface area (Å²) in [5.74, 6) is -0.904. The molecule has 1 aromatic heterocycles. The topological polar surface area (TPSA) is 69.6 Å². The van der Waals surface area contributed by atoms with Crippen LogP contribution in [-0.2, 0) is 11.3 Å². The van der Waals surface area contributed by atoms with Gasteiger partial charge in [-0.2, -0.15) is 0 Å². The smallest absolute Gasteiger partial charge is 0.317 e. The van der Waals surface area contributed by atoms with Gasteiger partial charge in [0.15, 0.2) is 0 Å². The second kappa shape index (κ2) is 6.24. The SMILES string of the molecule is Cc1ccsc1CNC(=O)N(C)CCC(=O)O. The van der Waals surface area contributed by atoms with Gasteiger partial charge in [0, 0.05) is 18.5 Å². The third-order valence-corrected chi connectivity index (χ3v) is 3.40. The van der Waals surface area contributed by atoms with Crippen molar-refractivity contribution in [2.75, 3.05) is 13.6 Å². The maximum atomic E-state index is 11.6. The normalized spacial score (nSPS) is 10.0. The summed E-state index contributed by atoms with van der Waals surface area (Å²) in [5.41, 5.74) is 1.16. The summed E-state index contributed by atoms with van der Waals surface area (Å²) in [4.78, 5) is 24.4. The zero-order valence-electron chi connectivity index (χ0n) is 9.90. The first-order chi connectivity index (χ1) is 8.00. The van der Waals surface area contributed by atoms with Gasteiger partial charge in [-0.1, -0.05) is 0 Å². The number of amides is 2. The molecule has 0 radical (unpaired) electrons. The van der Waals surface area contributed by atoms with E-state index < -0.39 is 5.97 Å². The lowest BCUT2D eigenvalue weighted by molar-refractivity contribution is -0.137. The minimum Gasteiger partial charge on any atom is -0.481 e. The Labute approximate surface area is 104 Å². The van der Waals surface area contributed by atoms with Crippen LogP contribution in [0, 0.1) is 6.92 Å². The average Bonchev–Trinajstić information content (AvgIpc) is 2.68. The molecule has 0 aliphatic rings. The fourth-order valence-corrected chi connectivity index (χ4v) is 2.09. The summed E-state index contributed by atoms with van der Waals surface area (Å²) < 4.78 is 0. The predicted molar refractivity (Wildman–Crippen MR) is 66.2 cm³/mol. The molecule has 2 amide bonds. The molecule has 6 heteroatoms. The molecule has 0 atom stereocenters. The van der Waals surface area contributed by atoms with E-state index >= 15 is 0 Å². The molecule has 0 aliphatic carbocycles. The molecule has 1 heterocycles. The van der Waals surface area contributed by atoms with Crippen LogP contribution < -0.4 is 5.32 Å². The Hall–Kier alpha value is -1.56. The minimum atomic E-state index is -0.904. The molecule has 0 spiro atoms. The zero-order chi connectivity index (χ0) is 12.8. The maximum Gasteiger partial charge on any atom is 0.317 e. The number of nitrogens with zero attached hydrogens (tertiary/aromatic N) is 1. The van der Waals surface area contributed by atoms with Crippen LogP contribution in [-0.4, -0.2) is 35.6 Å². The molecule has 5 nitrogen and oxygen atoms in total. The van der Waals surface area contributed by atoms with Gasteiger partial charge in [-0.05, 0) is 23.9 Å². The van der Waals surface area contributed by atoms with Crippen molar-refractivity contribution in [3.8, 4) is 0 Å². The Bertz CT molecular complexity index is 403. The van der Waals surface area contributed by atoms with Crippen LogP contribution in [0.2, 0.25) is 0 Å². The molecule has 0 fully saturated rings. The van der Waals surface area contributed by atoms with E-state index in [1.165, 1.54) is 4.90 Å². The number of hydrogen-bond donors (Lipinski definition) is 2. The number of carbonyl (C=O) groups is 2. The highest BCUT2D eigenvalue weighted by Gasteiger charge is 2.10. The molecule has 17 heavy (non-hydrogen) atoms. The van der Waals surface area contributed by atoms with Crippen molar-refractivity contribution in [3.05, 3.63) is 21.9 Å². The van der Waals surface area contributed by atoms with E-state index in [1.54, 1.807) is 18.4 Å². The van der Waals surface area contributed by atoms with E-state index in [2.05, 4.69) is 5.32 Å². The first kappa shape index (κ1) is 13.5. The van der Waals surface area contributed by atoms with Gasteiger partial charge in [0.05, 0.1) is 13.0 Å². The number of aliphatic carboxylic acids is 1. The van der Waals surface area contributed by atoms with Gasteiger partial charge in [0.1, 0.15) is 0 Å². The van der Waals surface area contributed by atoms with Gasteiger partial charge < -0.3 is 15.3 Å². The highest BCUT2D eigenvalue weighted by Crippen LogP contribution is 2.14. The highest BCUT2D eigenvalue weighted by atomic mass is 32.1. The molecule has 0 bridgehead atoms. The first-order valence-corrected chi connectivity index (χ1v) is 6.12. The van der Waals surface area contributed by atoms with E-state index in [0.29, 0.717) is 6.54 Å². The first-order valence-electron chi connectivity index (χ1n) is 5.24. The van der Waals surface area contributed by atoms with Gasteiger partial charge >= 0.3 is 12.0 Å². The minimum absolute atomic E-state index is 0.0397. The van der Waals surface area contributed by atoms with E-state index in [-0.39, 0.29) is 19.0 Å². The summed E-state index contributed by atoms with van der Waals surface area (Å²) >= 11 is 1.59. The summed E-state index contributed by atoms with van der Waals surface area (Å²) in [6.07, 6.45) is -0.0397. The molecule has 1 aromatic rings. The van der Waals surface area contributed by atoms with Crippen molar-refractivity contribution < 1.29 is 14.7 Å². The molecule has 0 aromatic carbocycles. The second-order valence-electron chi connectivity index (χ2n) is 3.75. The van der Waals surface area contributed by atoms with Crippen LogP contribution in [0.3, 0.4) is 0 Å². The summed E-state index contributed by atoms with van der Waals surface area (Å²) in [5, 5.41) is 13.2. The number of carbonyl (C=O) groups excluding carboxylic acids is 1. The number of carboxylic acids is 1. The van der Waals surface area contributed by atoms with Crippen LogP contribution >= 0.6 is 11.3 Å². The van der Waals surface area contributed by atoms with Gasteiger partial charge in [0.25, 0.3) is 0 Å². The molecule has 2 N–H and O–H groups in total. The molecule has 0 saturated heterocycles. The summed E-state index contributed by atoms with van der Waals surface area (Å²) in [6, 6.07) is 1.75. The Morgan fingerprint density at radius 3 is 2.76 bits per heavy atom. The van der Waals surface area contributed by atoms with Crippen molar-refractivity contribution in [1.82, 2.24) is 10.2 Å². The zero-order valence-corrected chi connectivity index (χ0v) is 10.7. The quantitative estimate of drug-likeness (QED) is 0.842. The fraction of sp³-hybridized carbons (Fsp3) is 0.455. The van der Waals surface area contributed by atoms with E-state index in [4.69, 9.17) is 5.11 Å². The number of hydrogen-bond acceptors (Lipinski definition) is 3. The molecular weight excluding hydrogens is 240 g/mol. The lowest BCUT2D eigenvalue weighted by Gasteiger charge is -2.16. The Balaban J connectivity index is 2.34. The molecule has 0 saturated carbocycles. The third-order valence-electron chi connectivity index (χ3n) is 2.38. The lowest BCUT2D eigenvalue weighted by atomic mass is 10.3. The summed E-state index contributed by atoms with van der Waals surface area (Å²) in [7, 11) is 1.58. The molecule has 94 valence electrons. The monoisotopic (exact) mass is 256 g/mol. The average molecular weight is 256 g/mol. The predicted octanol–water partition coefficient (Wildman–Crippen LogP) is 1.67. The van der Waals surface area contributed by atoms with Gasteiger partial charge in [-0.25, -0.2) is 4.79 Å². The number of aryl methyl sites for hydroxylation is 1. The molecular formula is C11H16N2O3S. The van der Waals surface area contributed by atoms with Crippen LogP contribution in [0.5, 0.6) is 0 Å². The fourth-order valence-electron chi connectivity index (χ4n) is 1.24. The Morgan fingerprint density at radius 1 is 1.53 bits per heavy atom. The molecule has 1 rings (SSSR count). The second-order valence-corrected chi connectivity index (χ2v) is 4.75. The third kappa shape index (κ3) is 4.44. The lowest BCUT2D eigenvalue weighted by Crippen LogP contribution is -2.37. The maximum absolute atomic E-state index is 11.6. The highest BCUT2D eigenvalue weighted by molar-refractivity contribution is 7.10. The van der Waals surface area contributed by atoms with Crippen LogP contribution in [0.25, 0.3) is 0 Å². The van der Waals surface area contributed by atoms with Gasteiger partial charge in [-0.15, -0.1) is 11.3 Å². The van der Waals surface area contributed by atoms with E-state index in [9.17, 15) is 9.59 Å². The van der Waals surface area contributed by atoms with Crippen LogP contribution in [0.1, 0.15) is 16.9 Å². The van der Waals surface area contributed by atoms with Crippen molar-refractivity contribution in [2.45, 2.75) is 19.9 Å². The van der Waals surface area contributed by atoms with Crippen LogP contribution in [0.15, 0.2) is 11.4 Å². The van der Waals surface area contributed by atoms with Crippen molar-refractivity contribution >= 4 is 23.3 Å². The molecule has 0 aliphatic heterocycles. The van der Waals surface area contributed by atoms with Crippen molar-refractivity contribution in [1.29, 1.82) is 0 Å². The van der Waals surface area contributed by atoms with Crippen molar-refractivity contribution in [2.24, 2.45) is 0 Å². The number of urea groups is 1. The Morgan fingerprint density at radius 2 is 2.24 bits per heavy atom. The standard InChI is InChI=1S/C11H16N2O3S/c1-8-4-6-17-9(8)7-12-11(16)13(2)5-3-10(14)15/h4,6H,3,5,7H2,1-2H3,(H,12,16)(H,14,15). The number of carboxylic acid groups (broad SMARTS) is 1. The summed E-state index contributed by atoms with van der Waals surface area (Å²) in [6.45, 7) is 2.69.